The van der Waals surface area contributed by atoms with Gasteiger partial charge in [-0.25, -0.2) is 24.9 Å². The number of rotatable bonds is 6. The number of furan rings is 1. The highest BCUT2D eigenvalue weighted by Crippen LogP contribution is 2.56. The van der Waals surface area contributed by atoms with Crippen molar-refractivity contribution in [2.24, 2.45) is 0 Å². The van der Waals surface area contributed by atoms with Gasteiger partial charge in [-0.2, -0.15) is 0 Å². The van der Waals surface area contributed by atoms with Crippen LogP contribution in [0.2, 0.25) is 0 Å². The third-order valence-electron chi connectivity index (χ3n) is 12.7. The molecule has 63 heavy (non-hydrogen) atoms. The van der Waals surface area contributed by atoms with Gasteiger partial charge in [-0.05, 0) is 63.7 Å². The normalized spacial score (nSPS) is 14.7. The fraction of sp³-hybridized carbons (Fsp3) is 0.0351. The lowest BCUT2D eigenvalue weighted by molar-refractivity contribution is 0.669. The van der Waals surface area contributed by atoms with E-state index in [0.717, 1.165) is 66.7 Å². The highest BCUT2D eigenvalue weighted by molar-refractivity contribution is 6.12. The fourth-order valence-corrected chi connectivity index (χ4v) is 9.89. The van der Waals surface area contributed by atoms with Crippen molar-refractivity contribution in [1.29, 1.82) is 0 Å². The van der Waals surface area contributed by atoms with Crippen LogP contribution in [0.4, 0.5) is 0 Å². The smallest absolute Gasteiger partial charge is 0.164 e. The molecule has 0 radical (unpaired) electrons. The molecule has 3 heterocycles. The van der Waals surface area contributed by atoms with Crippen molar-refractivity contribution in [3.63, 3.8) is 0 Å². The minimum absolute atomic E-state index is 0.0436. The molecule has 8 aromatic carbocycles. The second-order valence-corrected chi connectivity index (χ2v) is 16.3. The molecular formula is C57H35N5O. The van der Waals surface area contributed by atoms with E-state index in [1.807, 2.05) is 103 Å². The molecule has 0 N–H and O–H groups in total. The fourth-order valence-electron chi connectivity index (χ4n) is 9.89. The van der Waals surface area contributed by atoms with E-state index in [9.17, 15) is 0 Å². The van der Waals surface area contributed by atoms with Crippen molar-refractivity contribution in [3.05, 3.63) is 234 Å². The maximum Gasteiger partial charge on any atom is 0.164 e. The minimum Gasteiger partial charge on any atom is -0.456 e. The van der Waals surface area contributed by atoms with Crippen LogP contribution in [0.15, 0.2) is 205 Å². The Morgan fingerprint density at radius 1 is 0.302 bits per heavy atom. The summed E-state index contributed by atoms with van der Waals surface area (Å²) in [4.78, 5) is 25.6. The molecule has 0 saturated heterocycles. The van der Waals surface area contributed by atoms with Gasteiger partial charge in [0.2, 0.25) is 0 Å². The Balaban J connectivity index is 0.957. The van der Waals surface area contributed by atoms with Gasteiger partial charge < -0.3 is 4.42 Å². The predicted octanol–water partition coefficient (Wildman–Crippen LogP) is 13.6. The lowest BCUT2D eigenvalue weighted by atomic mass is 9.60. The van der Waals surface area contributed by atoms with E-state index in [1.165, 1.54) is 33.4 Å². The molecule has 3 aliphatic rings. The largest absolute Gasteiger partial charge is 0.456 e. The molecular weight excluding hydrogens is 771 g/mol. The van der Waals surface area contributed by atoms with E-state index in [1.54, 1.807) is 0 Å². The average Bonchev–Trinajstić information content (AvgIpc) is 3.75. The van der Waals surface area contributed by atoms with Crippen LogP contribution in [-0.2, 0) is 0 Å². The molecule has 0 aliphatic heterocycles. The molecule has 0 spiro atoms. The molecule has 2 bridgehead atoms. The maximum absolute atomic E-state index is 6.32. The van der Waals surface area contributed by atoms with Gasteiger partial charge in [-0.15, -0.1) is 0 Å². The Labute approximate surface area is 363 Å². The predicted molar refractivity (Wildman–Crippen MR) is 250 cm³/mol. The lowest BCUT2D eigenvalue weighted by Gasteiger charge is -2.42. The molecule has 0 amide bonds. The van der Waals surface area contributed by atoms with Gasteiger partial charge in [0.05, 0.1) is 11.4 Å². The van der Waals surface area contributed by atoms with Crippen molar-refractivity contribution in [1.82, 2.24) is 24.9 Å². The summed E-state index contributed by atoms with van der Waals surface area (Å²) in [5.74, 6) is 2.73. The number of hydrogen-bond donors (Lipinski definition) is 0. The van der Waals surface area contributed by atoms with Gasteiger partial charge in [-0.1, -0.05) is 170 Å². The number of fused-ring (bicyclic) bond motifs is 3. The first-order chi connectivity index (χ1) is 31.2. The molecule has 2 atom stereocenters. The lowest BCUT2D eigenvalue weighted by Crippen LogP contribution is -2.27. The highest BCUT2D eigenvalue weighted by Gasteiger charge is 2.41. The van der Waals surface area contributed by atoms with Gasteiger partial charge in [0.25, 0.3) is 0 Å². The van der Waals surface area contributed by atoms with Crippen molar-refractivity contribution < 1.29 is 4.42 Å². The monoisotopic (exact) mass is 805 g/mol. The summed E-state index contributed by atoms with van der Waals surface area (Å²) in [5, 5.41) is 2.12. The zero-order valence-corrected chi connectivity index (χ0v) is 33.9. The first-order valence-corrected chi connectivity index (χ1v) is 21.3. The van der Waals surface area contributed by atoms with Crippen LogP contribution >= 0.6 is 0 Å². The van der Waals surface area contributed by atoms with Crippen molar-refractivity contribution in [3.8, 4) is 68.1 Å². The molecule has 2 unspecified atom stereocenters. The topological polar surface area (TPSA) is 77.6 Å². The van der Waals surface area contributed by atoms with Gasteiger partial charge >= 0.3 is 0 Å². The van der Waals surface area contributed by atoms with Gasteiger partial charge in [-0.3, -0.25) is 0 Å². The van der Waals surface area contributed by atoms with E-state index in [0.29, 0.717) is 23.3 Å². The van der Waals surface area contributed by atoms with Gasteiger partial charge in [0, 0.05) is 56.0 Å². The first-order valence-electron chi connectivity index (χ1n) is 21.3. The van der Waals surface area contributed by atoms with Crippen LogP contribution in [0.25, 0.3) is 90.0 Å². The van der Waals surface area contributed by atoms with Gasteiger partial charge in [0.1, 0.15) is 11.2 Å². The van der Waals surface area contributed by atoms with Crippen LogP contribution < -0.4 is 0 Å². The first kappa shape index (κ1) is 35.4. The number of benzene rings is 8. The third kappa shape index (κ3) is 5.76. The van der Waals surface area contributed by atoms with Crippen molar-refractivity contribution >= 4 is 21.9 Å². The molecule has 3 aliphatic carbocycles. The van der Waals surface area contributed by atoms with Gasteiger partial charge in [0.15, 0.2) is 23.3 Å². The standard InChI is InChI=1S/C57H35N5O/c1-4-15-34(16-5-1)54-58-47(33-48(59-54)43-24-14-26-50-53(43)44-23-12-13-25-49(44)63-50)37-27-29-41-45(31-37)51-39-21-10-11-22-40(39)52(41)46-32-38(28-30-42(46)51)57-61-55(35-17-6-2-7-18-35)60-56(62-57)36-19-8-3-9-20-36/h1-33,51-52H. The second-order valence-electron chi connectivity index (χ2n) is 16.3. The summed E-state index contributed by atoms with van der Waals surface area (Å²) in [6, 6.07) is 69.8. The number of hydrogen-bond acceptors (Lipinski definition) is 6. The Kier molecular flexibility index (Phi) is 7.93. The van der Waals surface area contributed by atoms with E-state index in [2.05, 4.69) is 97.1 Å². The third-order valence-corrected chi connectivity index (χ3v) is 12.7. The molecule has 6 nitrogen and oxygen atoms in total. The molecule has 0 fully saturated rings. The number of nitrogens with zero attached hydrogens (tertiary/aromatic N) is 5. The zero-order valence-electron chi connectivity index (χ0n) is 33.9. The van der Waals surface area contributed by atoms with Crippen LogP contribution in [0, 0.1) is 0 Å². The summed E-state index contributed by atoms with van der Waals surface area (Å²) in [6.45, 7) is 0. The summed E-state index contributed by atoms with van der Waals surface area (Å²) in [5.41, 5.74) is 17.2. The Bertz CT molecular complexity index is 3530. The average molecular weight is 806 g/mol. The van der Waals surface area contributed by atoms with E-state index in [-0.39, 0.29) is 11.8 Å². The van der Waals surface area contributed by atoms with E-state index < -0.39 is 0 Å². The minimum atomic E-state index is 0.0436. The number of aromatic nitrogens is 5. The van der Waals surface area contributed by atoms with Crippen LogP contribution in [0.3, 0.4) is 0 Å². The summed E-state index contributed by atoms with van der Waals surface area (Å²) >= 11 is 0. The molecule has 3 aromatic heterocycles. The van der Waals surface area contributed by atoms with Crippen LogP contribution in [0.5, 0.6) is 0 Å². The maximum atomic E-state index is 6.32. The van der Waals surface area contributed by atoms with Crippen LogP contribution in [-0.4, -0.2) is 24.9 Å². The quantitative estimate of drug-likeness (QED) is 0.167. The van der Waals surface area contributed by atoms with Crippen molar-refractivity contribution in [2.45, 2.75) is 11.8 Å². The molecule has 6 heteroatoms. The van der Waals surface area contributed by atoms with Crippen molar-refractivity contribution in [2.75, 3.05) is 0 Å². The van der Waals surface area contributed by atoms with Crippen LogP contribution in [0.1, 0.15) is 45.2 Å². The molecule has 11 aromatic rings. The zero-order chi connectivity index (χ0) is 41.4. The van der Waals surface area contributed by atoms with E-state index >= 15 is 0 Å². The molecule has 0 saturated carbocycles. The molecule has 294 valence electrons. The highest BCUT2D eigenvalue weighted by atomic mass is 16.3. The summed E-state index contributed by atoms with van der Waals surface area (Å²) < 4.78 is 6.32. The Morgan fingerprint density at radius 3 is 1.38 bits per heavy atom. The molecule has 14 rings (SSSR count). The Morgan fingerprint density at radius 2 is 0.762 bits per heavy atom. The van der Waals surface area contributed by atoms with E-state index in [4.69, 9.17) is 29.3 Å². The number of para-hydroxylation sites is 1. The summed E-state index contributed by atoms with van der Waals surface area (Å²) in [7, 11) is 0. The SMILES string of the molecule is c1ccc(-c2nc(-c3ccc4c(c3)C3c5ccccc5C4c4cc(-c5nc(-c6ccccc6)nc(-c6ccccc6)n5)ccc43)cc(-c3cccc4oc5ccccc5c34)n2)cc1. The summed E-state index contributed by atoms with van der Waals surface area (Å²) in [6.07, 6.45) is 0. The second kappa shape index (κ2) is 14.1. The Hall–Kier alpha value is -8.35.